The summed E-state index contributed by atoms with van der Waals surface area (Å²) in [6, 6.07) is 4.27. The Balaban J connectivity index is 3.36. The van der Waals surface area contributed by atoms with Crippen LogP contribution in [0, 0.1) is 6.92 Å². The molecule has 0 heterocycles. The fraction of sp³-hybridized carbons (Fsp3) is 0.111. The first kappa shape index (κ1) is 10.7. The van der Waals surface area contributed by atoms with Crippen LogP contribution in [0.4, 0.5) is 0 Å². The van der Waals surface area contributed by atoms with Crippen LogP contribution in [0.5, 0.6) is 0 Å². The largest absolute Gasteiger partial charge is 0.465 e. The van der Waals surface area contributed by atoms with Gasteiger partial charge in [0, 0.05) is 0 Å². The Hall–Kier alpha value is -1.36. The molecule has 0 N–H and O–H groups in total. The second kappa shape index (κ2) is 4.23. The highest BCUT2D eigenvalue weighted by Crippen LogP contribution is 2.14. The van der Waals surface area contributed by atoms with Crippen LogP contribution in [0.2, 0.25) is 0 Å². The van der Waals surface area contributed by atoms with E-state index in [1.165, 1.54) is 19.2 Å². The van der Waals surface area contributed by atoms with Gasteiger partial charge in [0.1, 0.15) is 0 Å². The third-order valence-corrected chi connectivity index (χ3v) is 2.43. The molecule has 0 spiro atoms. The number of carbonyl (C=O) groups is 1. The first-order valence-corrected chi connectivity index (χ1v) is 4.92. The monoisotopic (exact) mass is 213 g/mol. The normalized spacial score (nSPS) is 10.2. The van der Waals surface area contributed by atoms with Crippen molar-refractivity contribution in [2.24, 2.45) is 0 Å². The Morgan fingerprint density at radius 2 is 2.07 bits per heavy atom. The predicted octanol–water partition coefficient (Wildman–Crippen LogP) is 0.626. The zero-order valence-corrected chi connectivity index (χ0v) is 8.41. The summed E-state index contributed by atoms with van der Waals surface area (Å²) >= 11 is 0. The Bertz CT molecular complexity index is 426. The van der Waals surface area contributed by atoms with E-state index in [9.17, 15) is 13.2 Å². The van der Waals surface area contributed by atoms with E-state index in [1.807, 2.05) is 0 Å². The molecular weight excluding hydrogens is 204 g/mol. The Labute approximate surface area is 83.5 Å². The minimum atomic E-state index is -2.81. The number of thiol groups is 1. The zero-order chi connectivity index (χ0) is 10.7. The van der Waals surface area contributed by atoms with Crippen molar-refractivity contribution < 1.29 is 17.9 Å². The smallest absolute Gasteiger partial charge is 0.339 e. The lowest BCUT2D eigenvalue weighted by molar-refractivity contribution is 0.0596. The number of hydrogen-bond acceptors (Lipinski definition) is 4. The SMILES string of the molecule is [CH2]c1ccc(C(=O)OC)c([SH](=O)=O)c1. The van der Waals surface area contributed by atoms with Crippen LogP contribution in [-0.4, -0.2) is 21.5 Å². The molecule has 1 radical (unpaired) electrons. The molecule has 5 heteroatoms. The second-order valence-electron chi connectivity index (χ2n) is 2.60. The summed E-state index contributed by atoms with van der Waals surface area (Å²) in [5.41, 5.74) is 0.572. The molecule has 1 aromatic carbocycles. The van der Waals surface area contributed by atoms with Crippen LogP contribution in [0.15, 0.2) is 23.1 Å². The van der Waals surface area contributed by atoms with Crippen molar-refractivity contribution in [3.05, 3.63) is 36.2 Å². The predicted molar refractivity (Wildman–Crippen MR) is 50.8 cm³/mol. The maximum atomic E-state index is 11.1. The van der Waals surface area contributed by atoms with Gasteiger partial charge in [-0.2, -0.15) is 0 Å². The minimum absolute atomic E-state index is 0.0380. The molecule has 75 valence electrons. The molecule has 0 aliphatic rings. The van der Waals surface area contributed by atoms with Crippen molar-refractivity contribution in [2.45, 2.75) is 4.90 Å². The molecule has 0 aliphatic carbocycles. The fourth-order valence-electron chi connectivity index (χ4n) is 1.01. The number of benzene rings is 1. The van der Waals surface area contributed by atoms with Crippen LogP contribution in [0.3, 0.4) is 0 Å². The molecule has 0 amide bonds. The summed E-state index contributed by atoms with van der Waals surface area (Å²) in [7, 11) is -1.62. The van der Waals surface area contributed by atoms with Crippen LogP contribution >= 0.6 is 0 Å². The molecule has 1 aromatic rings. The molecular formula is C9H9O4S. The first-order chi connectivity index (χ1) is 6.56. The highest BCUT2D eigenvalue weighted by Gasteiger charge is 2.13. The van der Waals surface area contributed by atoms with Gasteiger partial charge in [-0.3, -0.25) is 0 Å². The van der Waals surface area contributed by atoms with Gasteiger partial charge in [-0.1, -0.05) is 6.07 Å². The van der Waals surface area contributed by atoms with Crippen molar-refractivity contribution in [2.75, 3.05) is 7.11 Å². The lowest BCUT2D eigenvalue weighted by atomic mass is 10.1. The van der Waals surface area contributed by atoms with Crippen molar-refractivity contribution in [1.82, 2.24) is 0 Å². The summed E-state index contributed by atoms with van der Waals surface area (Å²) in [5.74, 6) is -0.667. The Morgan fingerprint density at radius 3 is 2.57 bits per heavy atom. The molecule has 0 saturated heterocycles. The van der Waals surface area contributed by atoms with Crippen molar-refractivity contribution in [1.29, 1.82) is 0 Å². The second-order valence-corrected chi connectivity index (χ2v) is 3.60. The van der Waals surface area contributed by atoms with E-state index in [1.54, 1.807) is 6.07 Å². The molecule has 0 aliphatic heterocycles. The third-order valence-electron chi connectivity index (χ3n) is 1.66. The van der Waals surface area contributed by atoms with Crippen molar-refractivity contribution in [3.8, 4) is 0 Å². The molecule has 4 nitrogen and oxygen atoms in total. The first-order valence-electron chi connectivity index (χ1n) is 3.75. The molecule has 0 saturated carbocycles. The maximum Gasteiger partial charge on any atom is 0.339 e. The number of rotatable bonds is 2. The summed E-state index contributed by atoms with van der Waals surface area (Å²) < 4.78 is 26.0. The summed E-state index contributed by atoms with van der Waals surface area (Å²) in [5, 5.41) is 0. The molecule has 0 atom stereocenters. The average molecular weight is 213 g/mol. The number of esters is 1. The quantitative estimate of drug-likeness (QED) is 0.578. The molecule has 14 heavy (non-hydrogen) atoms. The van der Waals surface area contributed by atoms with E-state index in [-0.39, 0.29) is 10.5 Å². The van der Waals surface area contributed by atoms with Gasteiger partial charge in [0.2, 0.25) is 0 Å². The summed E-state index contributed by atoms with van der Waals surface area (Å²) in [6.45, 7) is 3.57. The van der Waals surface area contributed by atoms with Crippen molar-refractivity contribution >= 4 is 16.7 Å². The Kier molecular flexibility index (Phi) is 3.24. The minimum Gasteiger partial charge on any atom is -0.465 e. The van der Waals surface area contributed by atoms with E-state index < -0.39 is 16.7 Å². The van der Waals surface area contributed by atoms with E-state index in [0.717, 1.165) is 0 Å². The molecule has 1 rings (SSSR count). The summed E-state index contributed by atoms with van der Waals surface area (Å²) in [6.07, 6.45) is 0. The van der Waals surface area contributed by atoms with Crippen molar-refractivity contribution in [3.63, 3.8) is 0 Å². The van der Waals surface area contributed by atoms with Crippen LogP contribution in [0.1, 0.15) is 15.9 Å². The van der Waals surface area contributed by atoms with Crippen LogP contribution in [-0.2, 0) is 15.4 Å². The van der Waals surface area contributed by atoms with Crippen LogP contribution in [0.25, 0.3) is 0 Å². The highest BCUT2D eigenvalue weighted by molar-refractivity contribution is 7.72. The molecule has 0 fully saturated rings. The topological polar surface area (TPSA) is 60.4 Å². The van der Waals surface area contributed by atoms with Gasteiger partial charge in [-0.15, -0.1) is 0 Å². The number of ether oxygens (including phenoxy) is 1. The molecule has 0 unspecified atom stereocenters. The maximum absolute atomic E-state index is 11.1. The highest BCUT2D eigenvalue weighted by atomic mass is 32.2. The molecule has 0 bridgehead atoms. The van der Waals surface area contributed by atoms with Gasteiger partial charge in [-0.25, -0.2) is 13.2 Å². The summed E-state index contributed by atoms with van der Waals surface area (Å²) in [4.78, 5) is 11.1. The van der Waals surface area contributed by atoms with E-state index in [4.69, 9.17) is 0 Å². The molecule has 0 aromatic heterocycles. The van der Waals surface area contributed by atoms with Gasteiger partial charge >= 0.3 is 5.97 Å². The van der Waals surface area contributed by atoms with Crippen LogP contribution < -0.4 is 0 Å². The standard InChI is InChI=1S/C9H9O4S/c1-6-3-4-7(9(10)13-2)8(5-6)14(11)12/h3-5,14H,1H2,2H3. The average Bonchev–Trinajstić information content (AvgIpc) is 2.16. The van der Waals surface area contributed by atoms with Gasteiger partial charge in [0.15, 0.2) is 10.7 Å². The number of hydrogen-bond donors (Lipinski definition) is 1. The Morgan fingerprint density at radius 1 is 1.43 bits per heavy atom. The lowest BCUT2D eigenvalue weighted by Gasteiger charge is -2.02. The lowest BCUT2D eigenvalue weighted by Crippen LogP contribution is -2.05. The van der Waals surface area contributed by atoms with Gasteiger partial charge in [-0.05, 0) is 24.6 Å². The van der Waals surface area contributed by atoms with Gasteiger partial charge in [0.05, 0.1) is 17.6 Å². The van der Waals surface area contributed by atoms with E-state index >= 15 is 0 Å². The number of carbonyl (C=O) groups excluding carboxylic acids is 1. The fourth-order valence-corrected chi connectivity index (χ4v) is 1.64. The van der Waals surface area contributed by atoms with Gasteiger partial charge in [0.25, 0.3) is 0 Å². The third kappa shape index (κ3) is 2.11. The van der Waals surface area contributed by atoms with E-state index in [2.05, 4.69) is 11.7 Å². The van der Waals surface area contributed by atoms with E-state index in [0.29, 0.717) is 5.56 Å². The number of methoxy groups -OCH3 is 1. The zero-order valence-electron chi connectivity index (χ0n) is 7.52. The van der Waals surface area contributed by atoms with Gasteiger partial charge < -0.3 is 4.74 Å².